The van der Waals surface area contributed by atoms with Gasteiger partial charge in [-0.1, -0.05) is 53.1 Å². The quantitative estimate of drug-likeness (QED) is 0.222. The molecule has 0 unspecified atom stereocenters. The van der Waals surface area contributed by atoms with Crippen molar-refractivity contribution in [2.24, 2.45) is 0 Å². The summed E-state index contributed by atoms with van der Waals surface area (Å²) in [4.78, 5) is 29.5. The largest absolute Gasteiger partial charge is 0.480 e. The van der Waals surface area contributed by atoms with Crippen LogP contribution in [0, 0.1) is 0 Å². The first-order valence-electron chi connectivity index (χ1n) is 12.0. The Morgan fingerprint density at radius 1 is 0.816 bits per heavy atom. The molecule has 1 aliphatic carbocycles. The molecule has 2 N–H and O–H groups in total. The van der Waals surface area contributed by atoms with E-state index < -0.39 is 29.2 Å². The third kappa shape index (κ3) is 6.26. The smallest absolute Gasteiger partial charge is 0.354 e. The number of halogens is 2. The van der Waals surface area contributed by atoms with Gasteiger partial charge in [-0.2, -0.15) is 0 Å². The van der Waals surface area contributed by atoms with Gasteiger partial charge in [0, 0.05) is 42.5 Å². The zero-order valence-electron chi connectivity index (χ0n) is 20.0. The number of ether oxygens (including phenoxy) is 2. The molecule has 38 heavy (non-hydrogen) atoms. The fourth-order valence-corrected chi connectivity index (χ4v) is 6.37. The summed E-state index contributed by atoms with van der Waals surface area (Å²) < 4.78 is 11.1. The average molecular weight is 589 g/mol. The summed E-state index contributed by atoms with van der Waals surface area (Å²) >= 11 is 15.0. The standard InChI is InChI=1S/C28H23Cl2NO5S2/c29-17-4-8-19(9-5-17)37-21-12-13-22(23(16-21)38-20-10-6-18(30)7-11-20)31-25(32)24-26(33)35-28(36-27(24)34)14-2-1-3-15-28/h4-13,16,33H,1-3,14-15H2,(H,31,32). The van der Waals surface area contributed by atoms with Gasteiger partial charge in [0.15, 0.2) is 0 Å². The predicted molar refractivity (Wildman–Crippen MR) is 149 cm³/mol. The fourth-order valence-electron chi connectivity index (χ4n) is 4.25. The highest BCUT2D eigenvalue weighted by Crippen LogP contribution is 2.41. The molecule has 1 saturated carbocycles. The summed E-state index contributed by atoms with van der Waals surface area (Å²) in [5, 5.41) is 14.6. The van der Waals surface area contributed by atoms with E-state index in [9.17, 15) is 14.7 Å². The molecule has 1 spiro atoms. The number of esters is 1. The predicted octanol–water partition coefficient (Wildman–Crippen LogP) is 8.24. The molecule has 1 aliphatic heterocycles. The van der Waals surface area contributed by atoms with Crippen LogP contribution in [0.3, 0.4) is 0 Å². The van der Waals surface area contributed by atoms with Gasteiger partial charge in [0.05, 0.1) is 5.69 Å². The SMILES string of the molecule is O=C(Nc1ccc(Sc2ccc(Cl)cc2)cc1Sc1ccc(Cl)cc1)C1=C(O)OC2(CCCCC2)OC1=O. The second-order valence-corrected chi connectivity index (χ2v) is 12.0. The number of amides is 1. The lowest BCUT2D eigenvalue weighted by Gasteiger charge is -2.38. The molecule has 1 amide bonds. The zero-order valence-corrected chi connectivity index (χ0v) is 23.2. The lowest BCUT2D eigenvalue weighted by atomic mass is 9.93. The Balaban J connectivity index is 1.41. The number of anilines is 1. The van der Waals surface area contributed by atoms with E-state index in [0.717, 1.165) is 38.8 Å². The molecule has 1 heterocycles. The van der Waals surface area contributed by atoms with Crippen molar-refractivity contribution in [3.63, 3.8) is 0 Å². The van der Waals surface area contributed by atoms with Crippen molar-refractivity contribution in [1.82, 2.24) is 0 Å². The van der Waals surface area contributed by atoms with Gasteiger partial charge in [0.1, 0.15) is 0 Å². The number of carbonyl (C=O) groups excluding carboxylic acids is 2. The highest BCUT2D eigenvalue weighted by atomic mass is 35.5. The van der Waals surface area contributed by atoms with Gasteiger partial charge in [0.2, 0.25) is 5.57 Å². The zero-order chi connectivity index (χ0) is 26.7. The third-order valence-corrected chi connectivity index (χ3v) is 8.68. The number of rotatable bonds is 6. The van der Waals surface area contributed by atoms with Gasteiger partial charge in [-0.25, -0.2) is 4.79 Å². The molecule has 6 nitrogen and oxygen atoms in total. The first kappa shape index (κ1) is 26.8. The van der Waals surface area contributed by atoms with Crippen molar-refractivity contribution in [2.45, 2.75) is 57.5 Å². The van der Waals surface area contributed by atoms with E-state index in [1.54, 1.807) is 30.0 Å². The van der Waals surface area contributed by atoms with E-state index in [4.69, 9.17) is 32.7 Å². The first-order chi connectivity index (χ1) is 18.3. The lowest BCUT2D eigenvalue weighted by molar-refractivity contribution is -0.249. The van der Waals surface area contributed by atoms with Crippen LogP contribution in [0.2, 0.25) is 10.0 Å². The van der Waals surface area contributed by atoms with E-state index >= 15 is 0 Å². The molecule has 3 aromatic rings. The fraction of sp³-hybridized carbons (Fsp3) is 0.214. The van der Waals surface area contributed by atoms with Gasteiger partial charge in [-0.3, -0.25) is 4.79 Å². The summed E-state index contributed by atoms with van der Waals surface area (Å²) in [5.41, 5.74) is -0.0929. The normalized spacial score (nSPS) is 16.6. The summed E-state index contributed by atoms with van der Waals surface area (Å²) in [6.45, 7) is 0. The van der Waals surface area contributed by atoms with Gasteiger partial charge in [-0.05, 0) is 79.6 Å². The van der Waals surface area contributed by atoms with Crippen LogP contribution in [-0.2, 0) is 19.1 Å². The van der Waals surface area contributed by atoms with Crippen LogP contribution < -0.4 is 5.32 Å². The Kier molecular flexibility index (Phi) is 8.14. The number of hydrogen-bond donors (Lipinski definition) is 2. The van der Waals surface area contributed by atoms with E-state index in [0.29, 0.717) is 28.6 Å². The maximum Gasteiger partial charge on any atom is 0.354 e. The second-order valence-electron chi connectivity index (χ2n) is 8.87. The molecule has 3 aromatic carbocycles. The Morgan fingerprint density at radius 3 is 2.00 bits per heavy atom. The van der Waals surface area contributed by atoms with Gasteiger partial charge in [-0.15, -0.1) is 0 Å². The van der Waals surface area contributed by atoms with E-state index in [1.165, 1.54) is 11.8 Å². The molecule has 0 radical (unpaired) electrons. The Labute approximate surface area is 238 Å². The van der Waals surface area contributed by atoms with E-state index in [1.807, 2.05) is 48.5 Å². The highest BCUT2D eigenvalue weighted by molar-refractivity contribution is 8.00. The second kappa shape index (κ2) is 11.5. The minimum absolute atomic E-state index is 0.460. The molecule has 196 valence electrons. The topological polar surface area (TPSA) is 84.9 Å². The monoisotopic (exact) mass is 587 g/mol. The van der Waals surface area contributed by atoms with Gasteiger partial charge < -0.3 is 19.9 Å². The summed E-state index contributed by atoms with van der Waals surface area (Å²) in [7, 11) is 0. The molecule has 0 atom stereocenters. The Hall–Kier alpha value is -2.78. The van der Waals surface area contributed by atoms with Crippen LogP contribution in [0.25, 0.3) is 0 Å². The van der Waals surface area contributed by atoms with Crippen molar-refractivity contribution in [2.75, 3.05) is 5.32 Å². The summed E-state index contributed by atoms with van der Waals surface area (Å²) in [6.07, 6.45) is 3.58. The number of benzene rings is 3. The Morgan fingerprint density at radius 2 is 1.39 bits per heavy atom. The maximum absolute atomic E-state index is 13.2. The van der Waals surface area contributed by atoms with Crippen molar-refractivity contribution >= 4 is 64.3 Å². The number of aliphatic hydroxyl groups excluding tert-OH is 1. The third-order valence-electron chi connectivity index (χ3n) is 6.11. The van der Waals surface area contributed by atoms with Crippen molar-refractivity contribution in [1.29, 1.82) is 0 Å². The molecule has 2 aliphatic rings. The van der Waals surface area contributed by atoms with Crippen LogP contribution in [0.15, 0.2) is 97.8 Å². The van der Waals surface area contributed by atoms with Crippen LogP contribution >= 0.6 is 46.7 Å². The summed E-state index contributed by atoms with van der Waals surface area (Å²) in [5.74, 6) is -3.61. The number of carbonyl (C=O) groups is 2. The molecule has 10 heteroatoms. The minimum Gasteiger partial charge on any atom is -0.480 e. The molecule has 0 bridgehead atoms. The van der Waals surface area contributed by atoms with Gasteiger partial charge in [0.25, 0.3) is 11.7 Å². The lowest BCUT2D eigenvalue weighted by Crippen LogP contribution is -2.45. The summed E-state index contributed by atoms with van der Waals surface area (Å²) in [6, 6.07) is 20.4. The maximum atomic E-state index is 13.2. The number of nitrogens with one attached hydrogen (secondary N) is 1. The van der Waals surface area contributed by atoms with Crippen LogP contribution in [0.1, 0.15) is 32.1 Å². The molecule has 0 saturated heterocycles. The van der Waals surface area contributed by atoms with Crippen molar-refractivity contribution < 1.29 is 24.2 Å². The minimum atomic E-state index is -1.20. The van der Waals surface area contributed by atoms with Crippen LogP contribution in [-0.4, -0.2) is 22.8 Å². The Bertz CT molecular complexity index is 1390. The molecular weight excluding hydrogens is 565 g/mol. The molecule has 1 fully saturated rings. The number of aliphatic hydroxyl groups is 1. The first-order valence-corrected chi connectivity index (χ1v) is 14.4. The molecule has 5 rings (SSSR count). The van der Waals surface area contributed by atoms with E-state index in [2.05, 4.69) is 5.32 Å². The van der Waals surface area contributed by atoms with Crippen LogP contribution in [0.5, 0.6) is 0 Å². The van der Waals surface area contributed by atoms with E-state index in [-0.39, 0.29) is 0 Å². The van der Waals surface area contributed by atoms with Gasteiger partial charge >= 0.3 is 11.9 Å². The highest BCUT2D eigenvalue weighted by Gasteiger charge is 2.46. The van der Waals surface area contributed by atoms with Crippen LogP contribution in [0.4, 0.5) is 5.69 Å². The van der Waals surface area contributed by atoms with Crippen molar-refractivity contribution in [3.8, 4) is 0 Å². The molecule has 0 aromatic heterocycles. The average Bonchev–Trinajstić information content (AvgIpc) is 2.88. The number of hydrogen-bond acceptors (Lipinski definition) is 7. The van der Waals surface area contributed by atoms with Crippen molar-refractivity contribution in [3.05, 3.63) is 88.3 Å². The molecular formula is C28H23Cl2NO5S2.